The number of para-hydroxylation sites is 1. The third kappa shape index (κ3) is 5.55. The van der Waals surface area contributed by atoms with Gasteiger partial charge in [0.05, 0.1) is 6.54 Å². The van der Waals surface area contributed by atoms with Gasteiger partial charge in [0.1, 0.15) is 0 Å². The van der Waals surface area contributed by atoms with E-state index in [1.54, 1.807) is 12.1 Å². The number of anilines is 2. The molecule has 3 N–H and O–H groups in total. The van der Waals surface area contributed by atoms with Crippen molar-refractivity contribution in [3.05, 3.63) is 60.2 Å². The fourth-order valence-corrected chi connectivity index (χ4v) is 4.39. The van der Waals surface area contributed by atoms with Gasteiger partial charge in [-0.3, -0.25) is 14.5 Å². The van der Waals surface area contributed by atoms with E-state index >= 15 is 0 Å². The summed E-state index contributed by atoms with van der Waals surface area (Å²) in [6.45, 7) is 6.64. The van der Waals surface area contributed by atoms with Crippen molar-refractivity contribution in [1.29, 1.82) is 0 Å². The Balaban J connectivity index is 1.16. The lowest BCUT2D eigenvalue weighted by Gasteiger charge is -2.35. The van der Waals surface area contributed by atoms with Crippen LogP contribution in [0.1, 0.15) is 16.8 Å². The Morgan fingerprint density at radius 3 is 2.23 bits per heavy atom. The van der Waals surface area contributed by atoms with Crippen molar-refractivity contribution in [2.45, 2.75) is 6.42 Å². The predicted octanol–water partition coefficient (Wildman–Crippen LogP) is 1.55. The zero-order chi connectivity index (χ0) is 21.6. The summed E-state index contributed by atoms with van der Waals surface area (Å²) in [5.74, 6) is 0.203. The van der Waals surface area contributed by atoms with Crippen LogP contribution in [0.5, 0.6) is 0 Å². The average molecular weight is 422 g/mol. The summed E-state index contributed by atoms with van der Waals surface area (Å²) in [6.07, 6.45) is 1.11. The summed E-state index contributed by atoms with van der Waals surface area (Å²) in [5, 5.41) is 3.14. The standard InChI is InChI=1S/C24H31N5O2/c25-24(31)20-6-8-22(9-7-20)28-14-12-27(13-15-28)18-23(30)26-16-19-10-11-29(17-19)21-4-2-1-3-5-21/h1-9,19H,10-18H2,(H2,25,31)(H,26,30). The molecule has 0 spiro atoms. The third-order valence-corrected chi connectivity index (χ3v) is 6.25. The van der Waals surface area contributed by atoms with Crippen molar-refractivity contribution >= 4 is 23.2 Å². The first-order chi connectivity index (χ1) is 15.1. The molecule has 7 nitrogen and oxygen atoms in total. The molecule has 2 aliphatic rings. The molecule has 2 aromatic carbocycles. The van der Waals surface area contributed by atoms with Crippen LogP contribution in [0.2, 0.25) is 0 Å². The highest BCUT2D eigenvalue weighted by atomic mass is 16.2. The van der Waals surface area contributed by atoms with E-state index < -0.39 is 5.91 Å². The largest absolute Gasteiger partial charge is 0.371 e. The summed E-state index contributed by atoms with van der Waals surface area (Å²) in [4.78, 5) is 30.5. The maximum absolute atomic E-state index is 12.4. The SMILES string of the molecule is NC(=O)c1ccc(N2CCN(CC(=O)NCC3CCN(c4ccccc4)C3)CC2)cc1. The Morgan fingerprint density at radius 1 is 0.871 bits per heavy atom. The molecule has 0 saturated carbocycles. The Hall–Kier alpha value is -3.06. The van der Waals surface area contributed by atoms with Gasteiger partial charge in [-0.15, -0.1) is 0 Å². The maximum atomic E-state index is 12.4. The van der Waals surface area contributed by atoms with Crippen molar-refractivity contribution in [3.63, 3.8) is 0 Å². The zero-order valence-electron chi connectivity index (χ0n) is 17.9. The van der Waals surface area contributed by atoms with Crippen LogP contribution in [-0.4, -0.2) is 69.1 Å². The molecule has 4 rings (SSSR count). The van der Waals surface area contributed by atoms with E-state index in [1.165, 1.54) is 5.69 Å². The lowest BCUT2D eigenvalue weighted by atomic mass is 10.1. The number of nitrogens with one attached hydrogen (secondary N) is 1. The van der Waals surface area contributed by atoms with E-state index in [4.69, 9.17) is 5.73 Å². The molecule has 1 unspecified atom stereocenters. The van der Waals surface area contributed by atoms with Gasteiger partial charge in [-0.05, 0) is 48.7 Å². The van der Waals surface area contributed by atoms with E-state index in [0.29, 0.717) is 18.0 Å². The number of benzene rings is 2. The van der Waals surface area contributed by atoms with E-state index in [9.17, 15) is 9.59 Å². The van der Waals surface area contributed by atoms with Crippen molar-refractivity contribution < 1.29 is 9.59 Å². The Kier molecular flexibility index (Phi) is 6.72. The van der Waals surface area contributed by atoms with Crippen LogP contribution in [0.15, 0.2) is 54.6 Å². The molecule has 2 aromatic rings. The molecule has 31 heavy (non-hydrogen) atoms. The van der Waals surface area contributed by atoms with Gasteiger partial charge < -0.3 is 20.9 Å². The van der Waals surface area contributed by atoms with E-state index in [1.807, 2.05) is 18.2 Å². The third-order valence-electron chi connectivity index (χ3n) is 6.25. The molecular formula is C24H31N5O2. The van der Waals surface area contributed by atoms with Crippen LogP contribution in [0.25, 0.3) is 0 Å². The summed E-state index contributed by atoms with van der Waals surface area (Å²) < 4.78 is 0. The zero-order valence-corrected chi connectivity index (χ0v) is 17.9. The second-order valence-electron chi connectivity index (χ2n) is 8.41. The Morgan fingerprint density at radius 2 is 1.55 bits per heavy atom. The molecule has 0 radical (unpaired) electrons. The lowest BCUT2D eigenvalue weighted by molar-refractivity contribution is -0.122. The molecule has 2 aliphatic heterocycles. The van der Waals surface area contributed by atoms with Crippen molar-refractivity contribution in [3.8, 4) is 0 Å². The highest BCUT2D eigenvalue weighted by Crippen LogP contribution is 2.23. The van der Waals surface area contributed by atoms with Gasteiger partial charge >= 0.3 is 0 Å². The number of amides is 2. The summed E-state index contributed by atoms with van der Waals surface area (Å²) >= 11 is 0. The van der Waals surface area contributed by atoms with E-state index in [0.717, 1.165) is 57.9 Å². The lowest BCUT2D eigenvalue weighted by Crippen LogP contribution is -2.49. The second kappa shape index (κ2) is 9.83. The summed E-state index contributed by atoms with van der Waals surface area (Å²) in [6, 6.07) is 17.9. The first-order valence-corrected chi connectivity index (χ1v) is 11.0. The van der Waals surface area contributed by atoms with Gasteiger partial charge in [-0.1, -0.05) is 18.2 Å². The number of hydrogen-bond acceptors (Lipinski definition) is 5. The molecule has 2 saturated heterocycles. The fraction of sp³-hybridized carbons (Fsp3) is 0.417. The van der Waals surface area contributed by atoms with Crippen molar-refractivity contribution in [2.24, 2.45) is 11.7 Å². The number of nitrogens with zero attached hydrogens (tertiary/aromatic N) is 3. The van der Waals surface area contributed by atoms with Gasteiger partial charge in [-0.2, -0.15) is 0 Å². The predicted molar refractivity (Wildman–Crippen MR) is 123 cm³/mol. The van der Waals surface area contributed by atoms with Crippen LogP contribution in [-0.2, 0) is 4.79 Å². The van der Waals surface area contributed by atoms with Crippen LogP contribution >= 0.6 is 0 Å². The minimum Gasteiger partial charge on any atom is -0.371 e. The molecule has 0 aromatic heterocycles. The van der Waals surface area contributed by atoms with Crippen LogP contribution in [0.4, 0.5) is 11.4 Å². The van der Waals surface area contributed by atoms with Gasteiger partial charge in [-0.25, -0.2) is 0 Å². The Bertz CT molecular complexity index is 879. The number of rotatable bonds is 7. The highest BCUT2D eigenvalue weighted by molar-refractivity contribution is 5.93. The fourth-order valence-electron chi connectivity index (χ4n) is 4.39. The van der Waals surface area contributed by atoms with E-state index in [2.05, 4.69) is 44.3 Å². The molecular weight excluding hydrogens is 390 g/mol. The van der Waals surface area contributed by atoms with Gasteiger partial charge in [0.25, 0.3) is 0 Å². The number of piperazine rings is 1. The number of nitrogens with two attached hydrogens (primary N) is 1. The first kappa shape index (κ1) is 21.2. The molecule has 1 atom stereocenters. The number of hydrogen-bond donors (Lipinski definition) is 2. The molecule has 7 heteroatoms. The minimum atomic E-state index is -0.409. The maximum Gasteiger partial charge on any atom is 0.248 e. The number of primary amides is 1. The van der Waals surface area contributed by atoms with Crippen LogP contribution in [0.3, 0.4) is 0 Å². The van der Waals surface area contributed by atoms with Crippen LogP contribution < -0.4 is 20.9 Å². The van der Waals surface area contributed by atoms with Gasteiger partial charge in [0.15, 0.2) is 0 Å². The van der Waals surface area contributed by atoms with Gasteiger partial charge in [0.2, 0.25) is 11.8 Å². The van der Waals surface area contributed by atoms with E-state index in [-0.39, 0.29) is 5.91 Å². The van der Waals surface area contributed by atoms with Crippen molar-refractivity contribution in [1.82, 2.24) is 10.2 Å². The van der Waals surface area contributed by atoms with Crippen molar-refractivity contribution in [2.75, 3.05) is 62.2 Å². The monoisotopic (exact) mass is 421 g/mol. The average Bonchev–Trinajstić information content (AvgIpc) is 3.28. The second-order valence-corrected chi connectivity index (χ2v) is 8.41. The molecule has 2 fully saturated rings. The first-order valence-electron chi connectivity index (χ1n) is 11.0. The van der Waals surface area contributed by atoms with Crippen LogP contribution in [0, 0.1) is 5.92 Å². The molecule has 2 heterocycles. The van der Waals surface area contributed by atoms with Gasteiger partial charge in [0, 0.05) is 62.8 Å². The normalized spacial score (nSPS) is 19.4. The molecule has 2 amide bonds. The summed E-state index contributed by atoms with van der Waals surface area (Å²) in [7, 11) is 0. The highest BCUT2D eigenvalue weighted by Gasteiger charge is 2.24. The minimum absolute atomic E-state index is 0.109. The summed E-state index contributed by atoms with van der Waals surface area (Å²) in [5.41, 5.74) is 8.17. The molecule has 0 bridgehead atoms. The smallest absolute Gasteiger partial charge is 0.248 e. The number of carbonyl (C=O) groups is 2. The topological polar surface area (TPSA) is 81.9 Å². The number of carbonyl (C=O) groups excluding carboxylic acids is 2. The molecule has 0 aliphatic carbocycles. The molecule has 164 valence electrons. The Labute approximate surface area is 183 Å². The quantitative estimate of drug-likeness (QED) is 0.709.